The molecule has 0 N–H and O–H groups in total. The topological polar surface area (TPSA) is 25.3 Å². The minimum absolute atomic E-state index is 0.812. The Morgan fingerprint density at radius 2 is 0.699 bits per heavy atom. The van der Waals surface area contributed by atoms with Gasteiger partial charge in [-0.25, -0.2) is 4.70 Å². The summed E-state index contributed by atoms with van der Waals surface area (Å²) in [5.41, 5.74) is 24.6. The van der Waals surface area contributed by atoms with Gasteiger partial charge in [0, 0.05) is 43.2 Å². The first-order chi connectivity index (χ1) is 36.0. The van der Waals surface area contributed by atoms with E-state index in [1.165, 1.54) is 176 Å². The van der Waals surface area contributed by atoms with E-state index in [0.717, 1.165) is 157 Å². The predicted molar refractivity (Wildman–Crippen MR) is 323 cm³/mol. The molecular formula is C71H110N2. The van der Waals surface area contributed by atoms with Crippen LogP contribution in [0.5, 0.6) is 0 Å². The summed E-state index contributed by atoms with van der Waals surface area (Å²) in [4.78, 5) is 0. The summed E-state index contributed by atoms with van der Waals surface area (Å²) in [6.45, 7) is 13.5. The average Bonchev–Trinajstić information content (AvgIpc) is 3.67. The Morgan fingerprint density at radius 1 is 0.329 bits per heavy atom. The lowest BCUT2D eigenvalue weighted by Crippen LogP contribution is -2.08. The fourth-order valence-corrected chi connectivity index (χ4v) is 10.6. The number of allylic oxidation sites excluding steroid dienone is 2. The summed E-state index contributed by atoms with van der Waals surface area (Å²) in [6.07, 6.45) is 53.0. The second-order valence-corrected chi connectivity index (χ2v) is 21.9. The van der Waals surface area contributed by atoms with Crippen LogP contribution in [0.2, 0.25) is 0 Å². The Morgan fingerprint density at radius 3 is 1.11 bits per heavy atom. The number of hydrogen-bond donors (Lipinski definition) is 0. The van der Waals surface area contributed by atoms with Gasteiger partial charge in [-0.15, -0.1) is 23.7 Å². The highest BCUT2D eigenvalue weighted by Crippen LogP contribution is 2.45. The maximum atomic E-state index is 13.0. The van der Waals surface area contributed by atoms with Crippen molar-refractivity contribution in [3.8, 4) is 35.5 Å². The van der Waals surface area contributed by atoms with E-state index < -0.39 is 0 Å². The Hall–Kier alpha value is -3.80. The van der Waals surface area contributed by atoms with Crippen LogP contribution < -0.4 is 0 Å². The van der Waals surface area contributed by atoms with E-state index in [9.17, 15) is 5.53 Å². The molecular weight excluding hydrogens is 881 g/mol. The summed E-state index contributed by atoms with van der Waals surface area (Å²) in [6, 6.07) is 14.1. The SMILES string of the molecule is CCCC#CCCc1ccc(CCCC)cc1C1=C(C#CCCCCCCCCCCCCCCCCCCCCCCCCCC)C(CCCCC)=C(c2cc(CCCC)ccc2CCC#CCCC)[N+]1=[N-]. The number of hydrogen-bond acceptors (Lipinski definition) is 0. The molecule has 0 saturated heterocycles. The van der Waals surface area contributed by atoms with Gasteiger partial charge in [0.1, 0.15) is 5.57 Å². The van der Waals surface area contributed by atoms with E-state index in [4.69, 9.17) is 0 Å². The third kappa shape index (κ3) is 27.0. The van der Waals surface area contributed by atoms with Crippen molar-refractivity contribution in [3.05, 3.63) is 86.5 Å². The number of rotatable bonds is 42. The quantitative estimate of drug-likeness (QED) is 0.0360. The third-order valence-electron chi connectivity index (χ3n) is 15.2. The van der Waals surface area contributed by atoms with Crippen molar-refractivity contribution < 1.29 is 4.70 Å². The minimum Gasteiger partial charge on any atom is -0.493 e. The fourth-order valence-electron chi connectivity index (χ4n) is 10.6. The van der Waals surface area contributed by atoms with Crippen LogP contribution >= 0.6 is 0 Å². The molecule has 1 heterocycles. The molecule has 0 fully saturated rings. The summed E-state index contributed by atoms with van der Waals surface area (Å²) in [5.74, 6) is 21.3. The monoisotopic (exact) mass is 991 g/mol. The molecule has 0 aliphatic carbocycles. The molecule has 0 amide bonds. The molecule has 0 radical (unpaired) electrons. The van der Waals surface area contributed by atoms with Gasteiger partial charge in [0.05, 0.1) is 5.56 Å². The fraction of sp³-hybridized carbons (Fsp3) is 0.690. The minimum atomic E-state index is 0.812. The average molecular weight is 992 g/mol. The Labute approximate surface area is 453 Å². The van der Waals surface area contributed by atoms with Crippen molar-refractivity contribution in [1.29, 1.82) is 0 Å². The maximum absolute atomic E-state index is 13.0. The van der Waals surface area contributed by atoms with E-state index in [2.05, 4.69) is 113 Å². The van der Waals surface area contributed by atoms with Crippen LogP contribution in [0.3, 0.4) is 0 Å². The standard InChI is InChI=1S/C71H110N2/c1-7-13-19-22-23-24-25-26-27-28-29-30-31-32-33-34-35-36-37-38-39-40-41-42-45-49-55-67-66(54-46-16-10-4)70(68-60-62(50-17-11-5)56-58-64(68)52-47-43-20-14-8-2)73(72)71(67)69-61-63(51-18-12-6)57-59-65(69)53-48-44-21-15-9-3/h56-61H,7-19,22-42,45-48,50-54H2,1-6H3. The van der Waals surface area contributed by atoms with Crippen molar-refractivity contribution in [3.63, 3.8) is 0 Å². The van der Waals surface area contributed by atoms with Crippen LogP contribution in [0, 0.1) is 35.5 Å². The van der Waals surface area contributed by atoms with Crippen LogP contribution in [0.1, 0.15) is 325 Å². The van der Waals surface area contributed by atoms with Gasteiger partial charge >= 0.3 is 0 Å². The van der Waals surface area contributed by atoms with Crippen LogP contribution in [-0.4, -0.2) is 4.70 Å². The molecule has 0 saturated carbocycles. The van der Waals surface area contributed by atoms with Crippen molar-refractivity contribution in [2.45, 2.75) is 318 Å². The zero-order valence-electron chi connectivity index (χ0n) is 48.8. The van der Waals surface area contributed by atoms with Crippen LogP contribution in [-0.2, 0) is 25.7 Å². The first kappa shape index (κ1) is 63.5. The van der Waals surface area contributed by atoms with Crippen LogP contribution in [0.25, 0.3) is 16.9 Å². The van der Waals surface area contributed by atoms with Gasteiger partial charge in [-0.2, -0.15) is 0 Å². The second kappa shape index (κ2) is 43.4. The molecule has 0 aromatic heterocycles. The van der Waals surface area contributed by atoms with Crippen molar-refractivity contribution in [2.24, 2.45) is 0 Å². The summed E-state index contributed by atoms with van der Waals surface area (Å²) < 4.78 is 1.60. The van der Waals surface area contributed by atoms with Gasteiger partial charge in [0.25, 0.3) is 0 Å². The highest BCUT2D eigenvalue weighted by molar-refractivity contribution is 5.87. The van der Waals surface area contributed by atoms with Crippen LogP contribution in [0.15, 0.2) is 47.5 Å². The Bertz CT molecular complexity index is 2040. The van der Waals surface area contributed by atoms with E-state index in [1.54, 1.807) is 4.70 Å². The predicted octanol–water partition coefficient (Wildman–Crippen LogP) is 22.4. The zero-order chi connectivity index (χ0) is 52.2. The molecule has 1 aliphatic rings. The normalized spacial score (nSPS) is 12.3. The number of nitrogens with zero attached hydrogens (tertiary/aromatic N) is 2. The van der Waals surface area contributed by atoms with Gasteiger partial charge in [0.2, 0.25) is 11.4 Å². The largest absolute Gasteiger partial charge is 0.493 e. The number of aryl methyl sites for hydroxylation is 4. The molecule has 73 heavy (non-hydrogen) atoms. The molecule has 2 nitrogen and oxygen atoms in total. The van der Waals surface area contributed by atoms with Crippen molar-refractivity contribution in [2.75, 3.05) is 0 Å². The lowest BCUT2D eigenvalue weighted by molar-refractivity contribution is -0.345. The first-order valence-corrected chi connectivity index (χ1v) is 31.7. The second-order valence-electron chi connectivity index (χ2n) is 21.9. The molecule has 3 rings (SSSR count). The molecule has 0 atom stereocenters. The summed E-state index contributed by atoms with van der Waals surface area (Å²) in [7, 11) is 0. The van der Waals surface area contributed by atoms with Crippen molar-refractivity contribution in [1.82, 2.24) is 0 Å². The van der Waals surface area contributed by atoms with Gasteiger partial charge in [0.15, 0.2) is 0 Å². The molecule has 0 spiro atoms. The zero-order valence-corrected chi connectivity index (χ0v) is 48.8. The first-order valence-electron chi connectivity index (χ1n) is 31.7. The lowest BCUT2D eigenvalue weighted by Gasteiger charge is -2.16. The lowest BCUT2D eigenvalue weighted by atomic mass is 9.90. The van der Waals surface area contributed by atoms with E-state index >= 15 is 0 Å². The Balaban J connectivity index is 1.72. The van der Waals surface area contributed by atoms with E-state index in [1.807, 2.05) is 0 Å². The smallest absolute Gasteiger partial charge is 0.223 e. The third-order valence-corrected chi connectivity index (χ3v) is 15.2. The highest BCUT2D eigenvalue weighted by atomic mass is 15.2. The van der Waals surface area contributed by atoms with Crippen LogP contribution in [0.4, 0.5) is 0 Å². The molecule has 404 valence electrons. The summed E-state index contributed by atoms with van der Waals surface area (Å²) in [5, 5.41) is 0. The number of unbranched alkanes of at least 4 members (excludes halogenated alkanes) is 30. The number of benzene rings is 2. The van der Waals surface area contributed by atoms with Gasteiger partial charge < -0.3 is 5.53 Å². The van der Waals surface area contributed by atoms with Gasteiger partial charge in [-0.1, -0.05) is 251 Å². The molecule has 1 aliphatic heterocycles. The molecule has 0 bridgehead atoms. The van der Waals surface area contributed by atoms with Gasteiger partial charge in [-0.3, -0.25) is 0 Å². The maximum Gasteiger partial charge on any atom is 0.223 e. The van der Waals surface area contributed by atoms with E-state index in [0.29, 0.717) is 0 Å². The summed E-state index contributed by atoms with van der Waals surface area (Å²) >= 11 is 0. The van der Waals surface area contributed by atoms with Crippen molar-refractivity contribution >= 4 is 11.4 Å². The molecule has 2 heteroatoms. The molecule has 2 aromatic rings. The molecule has 2 aromatic carbocycles. The highest BCUT2D eigenvalue weighted by Gasteiger charge is 2.37. The Kier molecular flexibility index (Phi) is 37.8. The molecule has 0 unspecified atom stereocenters. The van der Waals surface area contributed by atoms with E-state index in [-0.39, 0.29) is 0 Å². The van der Waals surface area contributed by atoms with Gasteiger partial charge in [-0.05, 0) is 105 Å².